The molecule has 0 unspecified atom stereocenters. The first-order chi connectivity index (χ1) is 9.89. The van der Waals surface area contributed by atoms with Gasteiger partial charge in [0, 0.05) is 16.5 Å². The maximum Gasteiger partial charge on any atom is 0.272 e. The molecule has 0 N–H and O–H groups in total. The van der Waals surface area contributed by atoms with Gasteiger partial charge in [-0.3, -0.25) is 10.1 Å². The predicted octanol–water partition coefficient (Wildman–Crippen LogP) is 4.73. The molecule has 1 aromatic rings. The fourth-order valence-electron chi connectivity index (χ4n) is 5.62. The fourth-order valence-corrected chi connectivity index (χ4v) is 6.32. The molecule has 0 aliphatic heterocycles. The first kappa shape index (κ1) is 13.6. The predicted molar refractivity (Wildman–Crippen MR) is 82.8 cm³/mol. The van der Waals surface area contributed by atoms with E-state index in [4.69, 9.17) is 11.6 Å². The highest BCUT2D eigenvalue weighted by Crippen LogP contribution is 2.64. The molecule has 1 aromatic carbocycles. The second kappa shape index (κ2) is 4.22. The van der Waals surface area contributed by atoms with Crippen LogP contribution in [0.1, 0.15) is 49.7 Å². The molecular formula is C17H20ClNO2. The Kier molecular flexibility index (Phi) is 2.73. The van der Waals surface area contributed by atoms with E-state index in [-0.39, 0.29) is 20.9 Å². The van der Waals surface area contributed by atoms with E-state index in [2.05, 4.69) is 6.07 Å². The van der Waals surface area contributed by atoms with Crippen LogP contribution in [0.2, 0.25) is 0 Å². The molecular weight excluding hydrogens is 286 g/mol. The van der Waals surface area contributed by atoms with E-state index in [0.717, 1.165) is 43.2 Å². The second-order valence-corrected chi connectivity index (χ2v) is 8.45. The lowest BCUT2D eigenvalue weighted by molar-refractivity contribution is -0.385. The summed E-state index contributed by atoms with van der Waals surface area (Å²) < 4.78 is 0. The van der Waals surface area contributed by atoms with Crippen LogP contribution in [0.5, 0.6) is 0 Å². The SMILES string of the molecule is Cc1ccc(C23C[C@@H]4C[C@H](CC(Cl)(C4)C2)C3)cc1[N+](=O)[O-]. The summed E-state index contributed by atoms with van der Waals surface area (Å²) in [6.45, 7) is 1.81. The molecule has 4 fully saturated rings. The Balaban J connectivity index is 1.79. The molecule has 4 aliphatic carbocycles. The molecule has 0 radical (unpaired) electrons. The Morgan fingerprint density at radius 1 is 1.24 bits per heavy atom. The van der Waals surface area contributed by atoms with Crippen molar-refractivity contribution < 1.29 is 4.92 Å². The molecule has 0 amide bonds. The number of rotatable bonds is 2. The van der Waals surface area contributed by atoms with Gasteiger partial charge in [-0.2, -0.15) is 0 Å². The van der Waals surface area contributed by atoms with Crippen molar-refractivity contribution >= 4 is 17.3 Å². The van der Waals surface area contributed by atoms with Crippen molar-refractivity contribution in [2.45, 2.75) is 55.7 Å². The van der Waals surface area contributed by atoms with Crippen molar-refractivity contribution in [3.63, 3.8) is 0 Å². The van der Waals surface area contributed by atoms with E-state index < -0.39 is 0 Å². The van der Waals surface area contributed by atoms with Gasteiger partial charge in [0.15, 0.2) is 0 Å². The molecule has 4 heteroatoms. The van der Waals surface area contributed by atoms with Gasteiger partial charge in [0.25, 0.3) is 5.69 Å². The summed E-state index contributed by atoms with van der Waals surface area (Å²) in [7, 11) is 0. The maximum absolute atomic E-state index is 11.2. The number of hydrogen-bond acceptors (Lipinski definition) is 2. The van der Waals surface area contributed by atoms with Gasteiger partial charge in [0.2, 0.25) is 0 Å². The number of aryl methyl sites for hydroxylation is 1. The van der Waals surface area contributed by atoms with Crippen LogP contribution in [0, 0.1) is 28.9 Å². The number of nitro benzene ring substituents is 1. The van der Waals surface area contributed by atoms with Crippen molar-refractivity contribution in [2.24, 2.45) is 11.8 Å². The number of hydrogen-bond donors (Lipinski definition) is 0. The van der Waals surface area contributed by atoms with Crippen molar-refractivity contribution in [2.75, 3.05) is 0 Å². The fraction of sp³-hybridized carbons (Fsp3) is 0.647. The summed E-state index contributed by atoms with van der Waals surface area (Å²) in [5.74, 6) is 1.42. The third-order valence-corrected chi connectivity index (χ3v) is 6.45. The molecule has 0 heterocycles. The molecule has 0 aromatic heterocycles. The lowest BCUT2D eigenvalue weighted by Gasteiger charge is -2.60. The van der Waals surface area contributed by atoms with Gasteiger partial charge in [-0.05, 0) is 68.3 Å². The Morgan fingerprint density at radius 2 is 1.90 bits per heavy atom. The zero-order valence-electron chi connectivity index (χ0n) is 12.3. The van der Waals surface area contributed by atoms with E-state index >= 15 is 0 Å². The lowest BCUT2D eigenvalue weighted by Crippen LogP contribution is -2.55. The Labute approximate surface area is 129 Å². The first-order valence-electron chi connectivity index (χ1n) is 7.84. The van der Waals surface area contributed by atoms with E-state index in [1.54, 1.807) is 0 Å². The van der Waals surface area contributed by atoms with Crippen molar-refractivity contribution in [3.8, 4) is 0 Å². The van der Waals surface area contributed by atoms with Crippen molar-refractivity contribution in [1.29, 1.82) is 0 Å². The minimum Gasteiger partial charge on any atom is -0.258 e. The molecule has 4 bridgehead atoms. The molecule has 112 valence electrons. The normalized spacial score (nSPS) is 40.5. The first-order valence-corrected chi connectivity index (χ1v) is 8.21. The largest absolute Gasteiger partial charge is 0.272 e. The van der Waals surface area contributed by atoms with Crippen LogP contribution < -0.4 is 0 Å². The number of benzene rings is 1. The third-order valence-electron chi connectivity index (χ3n) is 6.01. The highest BCUT2D eigenvalue weighted by atomic mass is 35.5. The average molecular weight is 306 g/mol. The standard InChI is InChI=1S/C17H20ClNO2/c1-11-2-3-14(5-15(11)19(20)21)16-6-12-4-13(7-16)9-17(18,8-12)10-16/h2-3,5,12-13H,4,6-10H2,1H3/t12-,13-,16?,17?/m0/s1. The Morgan fingerprint density at radius 3 is 2.48 bits per heavy atom. The molecule has 21 heavy (non-hydrogen) atoms. The minimum absolute atomic E-state index is 0.0518. The van der Waals surface area contributed by atoms with Gasteiger partial charge in [-0.15, -0.1) is 11.6 Å². The van der Waals surface area contributed by atoms with Gasteiger partial charge >= 0.3 is 0 Å². The Bertz CT molecular complexity index is 613. The van der Waals surface area contributed by atoms with Gasteiger partial charge in [-0.25, -0.2) is 0 Å². The van der Waals surface area contributed by atoms with Gasteiger partial charge in [0.1, 0.15) is 0 Å². The zero-order chi connectivity index (χ0) is 14.8. The summed E-state index contributed by atoms with van der Waals surface area (Å²) in [5.41, 5.74) is 2.24. The van der Waals surface area contributed by atoms with Crippen LogP contribution in [0.25, 0.3) is 0 Å². The topological polar surface area (TPSA) is 43.1 Å². The molecule has 4 aliphatic rings. The number of nitro groups is 1. The monoisotopic (exact) mass is 305 g/mol. The van der Waals surface area contributed by atoms with Crippen LogP contribution in [-0.2, 0) is 5.41 Å². The molecule has 3 nitrogen and oxygen atoms in total. The molecule has 0 saturated heterocycles. The summed E-state index contributed by atoms with van der Waals surface area (Å²) in [6.07, 6.45) is 6.91. The number of alkyl halides is 1. The summed E-state index contributed by atoms with van der Waals surface area (Å²) in [6, 6.07) is 5.84. The average Bonchev–Trinajstić information content (AvgIpc) is 2.35. The van der Waals surface area contributed by atoms with Crippen LogP contribution in [0.3, 0.4) is 0 Å². The third kappa shape index (κ3) is 2.01. The smallest absolute Gasteiger partial charge is 0.258 e. The van der Waals surface area contributed by atoms with Crippen LogP contribution in [-0.4, -0.2) is 9.80 Å². The van der Waals surface area contributed by atoms with Crippen molar-refractivity contribution in [3.05, 3.63) is 39.4 Å². The summed E-state index contributed by atoms with van der Waals surface area (Å²) in [5, 5.41) is 11.2. The van der Waals surface area contributed by atoms with Gasteiger partial charge in [0.05, 0.1) is 4.92 Å². The lowest BCUT2D eigenvalue weighted by atomic mass is 9.47. The minimum atomic E-state index is -0.254. The molecule has 0 spiro atoms. The van der Waals surface area contributed by atoms with Crippen LogP contribution in [0.15, 0.2) is 18.2 Å². The highest BCUT2D eigenvalue weighted by molar-refractivity contribution is 6.24. The van der Waals surface area contributed by atoms with Crippen LogP contribution in [0.4, 0.5) is 5.69 Å². The van der Waals surface area contributed by atoms with Crippen molar-refractivity contribution in [1.82, 2.24) is 0 Å². The quantitative estimate of drug-likeness (QED) is 0.450. The maximum atomic E-state index is 11.2. The zero-order valence-corrected chi connectivity index (χ0v) is 13.0. The van der Waals surface area contributed by atoms with Crippen LogP contribution >= 0.6 is 11.6 Å². The van der Waals surface area contributed by atoms with E-state index in [1.165, 1.54) is 6.42 Å². The summed E-state index contributed by atoms with van der Waals surface area (Å²) in [4.78, 5) is 10.9. The molecule has 2 atom stereocenters. The van der Waals surface area contributed by atoms with Gasteiger partial charge < -0.3 is 0 Å². The van der Waals surface area contributed by atoms with E-state index in [0.29, 0.717) is 11.8 Å². The molecule has 5 rings (SSSR count). The Hall–Kier alpha value is -1.09. The summed E-state index contributed by atoms with van der Waals surface area (Å²) >= 11 is 6.87. The highest BCUT2D eigenvalue weighted by Gasteiger charge is 2.57. The number of halogens is 1. The molecule has 4 saturated carbocycles. The number of nitrogens with zero attached hydrogens (tertiary/aromatic N) is 1. The van der Waals surface area contributed by atoms with E-state index in [1.807, 2.05) is 19.1 Å². The van der Waals surface area contributed by atoms with Gasteiger partial charge in [-0.1, -0.05) is 12.1 Å². The second-order valence-electron chi connectivity index (χ2n) is 7.65. The van der Waals surface area contributed by atoms with E-state index in [9.17, 15) is 10.1 Å².